The fourth-order valence-corrected chi connectivity index (χ4v) is 2.65. The Hall–Kier alpha value is -0.130. The highest BCUT2D eigenvalue weighted by Gasteiger charge is 2.38. The summed E-state index contributed by atoms with van der Waals surface area (Å²) in [6, 6.07) is 0. The van der Waals surface area contributed by atoms with E-state index in [4.69, 9.17) is 9.29 Å². The van der Waals surface area contributed by atoms with Gasteiger partial charge in [0.05, 0.1) is 18.0 Å². The second-order valence-corrected chi connectivity index (χ2v) is 5.30. The smallest absolute Gasteiger partial charge is 0.270 e. The molecule has 1 N–H and O–H groups in total. The molecule has 0 heterocycles. The second-order valence-electron chi connectivity index (χ2n) is 3.42. The lowest BCUT2D eigenvalue weighted by atomic mass is 9.96. The standard InChI is InChI=1S/C8H16O4S/c1-2-3-4-12-13(10,11)8-5-7(9)6-8/h7-9H,2-6H2,1H3. The highest BCUT2D eigenvalue weighted by Crippen LogP contribution is 2.27. The molecule has 0 atom stereocenters. The molecule has 78 valence electrons. The first-order valence-corrected chi connectivity index (χ1v) is 6.09. The van der Waals surface area contributed by atoms with E-state index in [1.54, 1.807) is 0 Å². The molecular formula is C8H16O4S. The van der Waals surface area contributed by atoms with Crippen LogP contribution in [0.2, 0.25) is 0 Å². The summed E-state index contributed by atoms with van der Waals surface area (Å²) in [4.78, 5) is 0. The van der Waals surface area contributed by atoms with Crippen LogP contribution in [0.3, 0.4) is 0 Å². The summed E-state index contributed by atoms with van der Waals surface area (Å²) in [7, 11) is -3.39. The largest absolute Gasteiger partial charge is 0.393 e. The SMILES string of the molecule is CCCCOS(=O)(=O)C1CC(O)C1. The van der Waals surface area contributed by atoms with Gasteiger partial charge in [0.2, 0.25) is 0 Å². The van der Waals surface area contributed by atoms with Crippen molar-refractivity contribution in [3.8, 4) is 0 Å². The third-order valence-corrected chi connectivity index (χ3v) is 3.92. The van der Waals surface area contributed by atoms with Crippen molar-refractivity contribution in [3.63, 3.8) is 0 Å². The van der Waals surface area contributed by atoms with Crippen LogP contribution in [0.5, 0.6) is 0 Å². The Kier molecular flexibility index (Phi) is 3.70. The van der Waals surface area contributed by atoms with Gasteiger partial charge in [-0.05, 0) is 19.3 Å². The van der Waals surface area contributed by atoms with Crippen LogP contribution in [-0.4, -0.2) is 31.5 Å². The second kappa shape index (κ2) is 4.39. The molecule has 1 aliphatic rings. The topological polar surface area (TPSA) is 63.6 Å². The minimum Gasteiger partial charge on any atom is -0.393 e. The number of aliphatic hydroxyl groups excluding tert-OH is 1. The third kappa shape index (κ3) is 2.93. The van der Waals surface area contributed by atoms with Gasteiger partial charge in [0.15, 0.2) is 0 Å². The zero-order chi connectivity index (χ0) is 9.90. The van der Waals surface area contributed by atoms with Gasteiger partial charge in [-0.15, -0.1) is 0 Å². The molecule has 0 spiro atoms. The predicted molar refractivity (Wildman–Crippen MR) is 48.8 cm³/mol. The van der Waals surface area contributed by atoms with E-state index in [1.165, 1.54) is 0 Å². The molecule has 1 aliphatic carbocycles. The summed E-state index contributed by atoms with van der Waals surface area (Å²) >= 11 is 0. The van der Waals surface area contributed by atoms with E-state index in [2.05, 4.69) is 0 Å². The van der Waals surface area contributed by atoms with Gasteiger partial charge in [0.25, 0.3) is 10.1 Å². The third-order valence-electron chi connectivity index (χ3n) is 2.22. The van der Waals surface area contributed by atoms with Gasteiger partial charge in [-0.2, -0.15) is 8.42 Å². The molecule has 0 unspecified atom stereocenters. The first kappa shape index (κ1) is 10.9. The Morgan fingerprint density at radius 3 is 2.54 bits per heavy atom. The lowest BCUT2D eigenvalue weighted by molar-refractivity contribution is 0.0929. The maximum Gasteiger partial charge on any atom is 0.270 e. The van der Waals surface area contributed by atoms with Crippen LogP contribution in [0.1, 0.15) is 32.6 Å². The Bertz CT molecular complexity index is 241. The molecule has 4 nitrogen and oxygen atoms in total. The van der Waals surface area contributed by atoms with Crippen LogP contribution in [0.15, 0.2) is 0 Å². The van der Waals surface area contributed by atoms with Crippen LogP contribution in [0, 0.1) is 0 Å². The van der Waals surface area contributed by atoms with Crippen molar-refractivity contribution >= 4 is 10.1 Å². The van der Waals surface area contributed by atoms with E-state index in [9.17, 15) is 8.42 Å². The van der Waals surface area contributed by atoms with Gasteiger partial charge >= 0.3 is 0 Å². The molecular weight excluding hydrogens is 192 g/mol. The molecule has 0 aromatic heterocycles. The van der Waals surface area contributed by atoms with Crippen LogP contribution in [-0.2, 0) is 14.3 Å². The van der Waals surface area contributed by atoms with E-state index in [0.717, 1.165) is 12.8 Å². The fraction of sp³-hybridized carbons (Fsp3) is 1.00. The lowest BCUT2D eigenvalue weighted by Crippen LogP contribution is -2.40. The van der Waals surface area contributed by atoms with Gasteiger partial charge < -0.3 is 5.11 Å². The first-order valence-electron chi connectivity index (χ1n) is 4.62. The van der Waals surface area contributed by atoms with Crippen molar-refractivity contribution in [1.82, 2.24) is 0 Å². The fourth-order valence-electron chi connectivity index (χ4n) is 1.19. The maximum absolute atomic E-state index is 11.3. The summed E-state index contributed by atoms with van der Waals surface area (Å²) in [6.45, 7) is 2.24. The average molecular weight is 208 g/mol. The van der Waals surface area contributed by atoms with Crippen molar-refractivity contribution in [2.45, 2.75) is 44.0 Å². The molecule has 1 saturated carbocycles. The van der Waals surface area contributed by atoms with E-state index < -0.39 is 21.5 Å². The van der Waals surface area contributed by atoms with Crippen LogP contribution >= 0.6 is 0 Å². The molecule has 1 fully saturated rings. The minimum absolute atomic E-state index is 0.269. The molecule has 0 bridgehead atoms. The Balaban J connectivity index is 2.30. The highest BCUT2D eigenvalue weighted by molar-refractivity contribution is 7.87. The van der Waals surface area contributed by atoms with Crippen molar-refractivity contribution in [2.24, 2.45) is 0 Å². The summed E-state index contributed by atoms with van der Waals surface area (Å²) < 4.78 is 27.4. The van der Waals surface area contributed by atoms with Gasteiger partial charge in [0, 0.05) is 0 Å². The molecule has 0 aromatic carbocycles. The Morgan fingerprint density at radius 2 is 2.08 bits per heavy atom. The van der Waals surface area contributed by atoms with E-state index >= 15 is 0 Å². The van der Waals surface area contributed by atoms with E-state index in [-0.39, 0.29) is 6.61 Å². The highest BCUT2D eigenvalue weighted by atomic mass is 32.2. The molecule has 0 amide bonds. The van der Waals surface area contributed by atoms with Gasteiger partial charge in [-0.1, -0.05) is 13.3 Å². The monoisotopic (exact) mass is 208 g/mol. The maximum atomic E-state index is 11.3. The zero-order valence-electron chi connectivity index (χ0n) is 7.77. The minimum atomic E-state index is -3.39. The van der Waals surface area contributed by atoms with Gasteiger partial charge in [0.1, 0.15) is 0 Å². The first-order chi connectivity index (χ1) is 6.06. The van der Waals surface area contributed by atoms with Crippen molar-refractivity contribution in [1.29, 1.82) is 0 Å². The number of rotatable bonds is 5. The average Bonchev–Trinajstić information content (AvgIpc) is 1.99. The van der Waals surface area contributed by atoms with Gasteiger partial charge in [-0.3, -0.25) is 4.18 Å². The van der Waals surface area contributed by atoms with Crippen molar-refractivity contribution in [3.05, 3.63) is 0 Å². The number of hydrogen-bond donors (Lipinski definition) is 1. The summed E-state index contributed by atoms with van der Waals surface area (Å²) in [5, 5.41) is 8.46. The Morgan fingerprint density at radius 1 is 1.46 bits per heavy atom. The number of unbranched alkanes of at least 4 members (excludes halogenated alkanes) is 1. The number of aliphatic hydroxyl groups is 1. The molecule has 5 heteroatoms. The molecule has 13 heavy (non-hydrogen) atoms. The van der Waals surface area contributed by atoms with Crippen LogP contribution in [0.4, 0.5) is 0 Å². The summed E-state index contributed by atoms with van der Waals surface area (Å²) in [6.07, 6.45) is 1.88. The lowest BCUT2D eigenvalue weighted by Gasteiger charge is -2.29. The zero-order valence-corrected chi connectivity index (χ0v) is 8.59. The van der Waals surface area contributed by atoms with Crippen LogP contribution < -0.4 is 0 Å². The van der Waals surface area contributed by atoms with Gasteiger partial charge in [-0.25, -0.2) is 0 Å². The number of hydrogen-bond acceptors (Lipinski definition) is 4. The molecule has 0 aliphatic heterocycles. The van der Waals surface area contributed by atoms with Crippen molar-refractivity contribution < 1.29 is 17.7 Å². The predicted octanol–water partition coefficient (Wildman–Crippen LogP) is 0.656. The Labute approximate surface area is 79.0 Å². The van der Waals surface area contributed by atoms with E-state index in [0.29, 0.717) is 12.8 Å². The van der Waals surface area contributed by atoms with E-state index in [1.807, 2.05) is 6.92 Å². The molecule has 0 aromatic rings. The van der Waals surface area contributed by atoms with Crippen LogP contribution in [0.25, 0.3) is 0 Å². The summed E-state index contributed by atoms with van der Waals surface area (Å²) in [5.41, 5.74) is 0. The van der Waals surface area contributed by atoms with Crippen molar-refractivity contribution in [2.75, 3.05) is 6.61 Å². The normalized spacial score (nSPS) is 28.5. The molecule has 0 saturated heterocycles. The molecule has 0 radical (unpaired) electrons. The quantitative estimate of drug-likeness (QED) is 0.532. The molecule has 1 rings (SSSR count). The summed E-state index contributed by atoms with van der Waals surface area (Å²) in [5.74, 6) is 0.